The zero-order chi connectivity index (χ0) is 52.6. The average Bonchev–Trinajstić information content (AvgIpc) is 3.26. The van der Waals surface area contributed by atoms with Crippen LogP contribution in [0.3, 0.4) is 0 Å². The zero-order valence-corrected chi connectivity index (χ0v) is 41.1. The Kier molecular flexibility index (Phi) is 23.9. The summed E-state index contributed by atoms with van der Waals surface area (Å²) in [5.41, 5.74) is 11.6. The standard InChI is InChI=1S/C51H79N3O17/c1-29-17-15-13-11-9-7-5-6-8-10-12-14-16-18-37(70-50-47(64)44(52)46(63)32(4)69-50)24-41-43(49(66)54-27-33(28-54)48(53)65)40(60)26-51(67,71-41)25-36(57)22-39(59)38(58)20-19-34(55)21-35(56)23-42(61)68-31(3)30(2)45(29)62/h5-18,29-41,43-47,50,55-60,62-64,67H,19-28,52H2,1-4H3,(H2,53,65)/b6-5+,9-7+,10-8+,13-11+,14-12+,17-15+,18-16+/t29-,30-,31-,32+,34+,35+,36-,37-,38+,39+,40-,41-,43+,44-,45+,46+,47-,50-,51+/m0/s1. The van der Waals surface area contributed by atoms with Crippen LogP contribution in [0.2, 0.25) is 0 Å². The first-order valence-corrected chi connectivity index (χ1v) is 24.5. The maximum atomic E-state index is 14.0. The molecule has 3 saturated heterocycles. The molecule has 4 aliphatic rings. The molecule has 71 heavy (non-hydrogen) atoms. The van der Waals surface area contributed by atoms with Gasteiger partial charge in [-0.15, -0.1) is 0 Å². The predicted molar refractivity (Wildman–Crippen MR) is 259 cm³/mol. The molecule has 400 valence electrons. The topological polar surface area (TPSA) is 346 Å². The lowest BCUT2D eigenvalue weighted by Gasteiger charge is -2.48. The van der Waals surface area contributed by atoms with Gasteiger partial charge in [0.05, 0.1) is 91.4 Å². The molecular formula is C51H79N3O17. The Balaban J connectivity index is 1.60. The Morgan fingerprint density at radius 1 is 0.676 bits per heavy atom. The highest BCUT2D eigenvalue weighted by Gasteiger charge is 2.53. The van der Waals surface area contributed by atoms with Crippen LogP contribution in [0.1, 0.15) is 79.1 Å². The van der Waals surface area contributed by atoms with Gasteiger partial charge in [-0.05, 0) is 33.1 Å². The van der Waals surface area contributed by atoms with Crippen LogP contribution in [0.15, 0.2) is 85.1 Å². The number of nitrogens with two attached hydrogens (primary N) is 2. The van der Waals surface area contributed by atoms with E-state index in [0.717, 1.165) is 0 Å². The molecule has 0 unspecified atom stereocenters. The van der Waals surface area contributed by atoms with E-state index in [-0.39, 0.29) is 44.7 Å². The van der Waals surface area contributed by atoms with Gasteiger partial charge in [0, 0.05) is 50.6 Å². The summed E-state index contributed by atoms with van der Waals surface area (Å²) in [4.78, 5) is 39.9. The van der Waals surface area contributed by atoms with Crippen LogP contribution in [0.25, 0.3) is 0 Å². The van der Waals surface area contributed by atoms with Crippen molar-refractivity contribution < 1.29 is 84.4 Å². The van der Waals surface area contributed by atoms with Gasteiger partial charge >= 0.3 is 5.97 Å². The number of fused-ring (bicyclic) bond motifs is 2. The number of rotatable bonds is 4. The number of esters is 1. The highest BCUT2D eigenvalue weighted by Crippen LogP contribution is 2.40. The Hall–Kier alpha value is -3.97. The van der Waals surface area contributed by atoms with E-state index in [1.54, 1.807) is 81.5 Å². The minimum atomic E-state index is -2.32. The molecule has 0 radical (unpaired) electrons. The van der Waals surface area contributed by atoms with Crippen molar-refractivity contribution in [3.63, 3.8) is 0 Å². The maximum Gasteiger partial charge on any atom is 0.308 e. The fourth-order valence-corrected chi connectivity index (χ4v) is 9.02. The molecule has 0 aromatic carbocycles. The number of ether oxygens (including phenoxy) is 4. The van der Waals surface area contributed by atoms with Gasteiger partial charge in [-0.3, -0.25) is 14.4 Å². The van der Waals surface area contributed by atoms with Crippen molar-refractivity contribution in [3.05, 3.63) is 85.1 Å². The number of carbonyl (C=O) groups excluding carboxylic acids is 3. The molecule has 0 aromatic heterocycles. The minimum absolute atomic E-state index is 0.0113. The Morgan fingerprint density at radius 3 is 1.85 bits per heavy atom. The largest absolute Gasteiger partial charge is 0.462 e. The summed E-state index contributed by atoms with van der Waals surface area (Å²) in [6.45, 7) is 6.74. The molecule has 0 aromatic rings. The zero-order valence-electron chi connectivity index (χ0n) is 41.1. The van der Waals surface area contributed by atoms with E-state index < -0.39 is 159 Å². The predicted octanol–water partition coefficient (Wildman–Crippen LogP) is -0.429. The van der Waals surface area contributed by atoms with Crippen molar-refractivity contribution in [1.82, 2.24) is 4.90 Å². The van der Waals surface area contributed by atoms with Gasteiger partial charge in [0.2, 0.25) is 11.8 Å². The molecular weight excluding hydrogens is 927 g/mol. The third kappa shape index (κ3) is 18.5. The lowest BCUT2D eigenvalue weighted by molar-refractivity contribution is -0.308. The number of nitrogens with zero attached hydrogens (tertiary/aromatic N) is 1. The summed E-state index contributed by atoms with van der Waals surface area (Å²) in [6.07, 6.45) is 3.93. The first-order chi connectivity index (χ1) is 33.5. The molecule has 20 nitrogen and oxygen atoms in total. The molecule has 14 N–H and O–H groups in total. The van der Waals surface area contributed by atoms with Gasteiger partial charge in [0.25, 0.3) is 0 Å². The number of aliphatic hydroxyl groups excluding tert-OH is 9. The van der Waals surface area contributed by atoms with E-state index in [4.69, 9.17) is 30.4 Å². The van der Waals surface area contributed by atoms with Crippen LogP contribution < -0.4 is 11.5 Å². The fourth-order valence-electron chi connectivity index (χ4n) is 9.02. The smallest absolute Gasteiger partial charge is 0.308 e. The van der Waals surface area contributed by atoms with E-state index in [1.807, 2.05) is 31.2 Å². The van der Waals surface area contributed by atoms with Crippen molar-refractivity contribution in [2.75, 3.05) is 13.1 Å². The Morgan fingerprint density at radius 2 is 1.25 bits per heavy atom. The van der Waals surface area contributed by atoms with Gasteiger partial charge in [0.15, 0.2) is 12.1 Å². The van der Waals surface area contributed by atoms with Gasteiger partial charge in [-0.2, -0.15) is 0 Å². The normalized spacial score (nSPS) is 43.9. The molecule has 4 rings (SSSR count). The monoisotopic (exact) mass is 1010 g/mol. The molecule has 20 heteroatoms. The molecule has 4 heterocycles. The van der Waals surface area contributed by atoms with Crippen molar-refractivity contribution >= 4 is 17.8 Å². The number of amides is 2. The molecule has 0 aliphatic carbocycles. The molecule has 19 atom stereocenters. The van der Waals surface area contributed by atoms with Crippen LogP contribution in [-0.2, 0) is 33.3 Å². The van der Waals surface area contributed by atoms with Crippen molar-refractivity contribution in [2.24, 2.45) is 35.1 Å². The molecule has 0 spiro atoms. The van der Waals surface area contributed by atoms with E-state index >= 15 is 0 Å². The van der Waals surface area contributed by atoms with E-state index in [2.05, 4.69) is 0 Å². The summed E-state index contributed by atoms with van der Waals surface area (Å²) in [5.74, 6) is -6.95. The summed E-state index contributed by atoms with van der Waals surface area (Å²) in [5, 5.41) is 110. The second-order valence-electron chi connectivity index (χ2n) is 19.6. The number of hydrogen-bond donors (Lipinski definition) is 12. The summed E-state index contributed by atoms with van der Waals surface area (Å²) in [7, 11) is 0. The SMILES string of the molecule is C[C@@H]1[C@H](O)[C@@H](C)/C=C/C=C/C=C/C=C/C=C/C=C/C=C/[C@H](O[C@@H]2O[C@H](C)[C@@H](O)[C@H](N)[C@@H]2O)C[C@@H]2O[C@](O)(C[C@@H](O)C[C@@H](O)[C@H](O)CC[C@@H](O)C[C@@H](O)CC(=O)O[C@H]1C)C[C@H](O)[C@H]2C(=O)N1CC(C(N)=O)C1. The molecule has 2 bridgehead atoms. The van der Waals surface area contributed by atoms with Crippen LogP contribution in [0.5, 0.6) is 0 Å². The summed E-state index contributed by atoms with van der Waals surface area (Å²) in [6, 6.07) is -1.16. The highest BCUT2D eigenvalue weighted by atomic mass is 16.7. The second kappa shape index (κ2) is 28.5. The Labute approximate surface area is 415 Å². The van der Waals surface area contributed by atoms with Gasteiger partial charge in [-0.1, -0.05) is 98.9 Å². The summed E-state index contributed by atoms with van der Waals surface area (Å²) < 4.78 is 23.7. The number of carbonyl (C=O) groups is 3. The quantitative estimate of drug-likeness (QED) is 0.159. The number of aliphatic hydroxyl groups is 10. The van der Waals surface area contributed by atoms with E-state index in [0.29, 0.717) is 0 Å². The average molecular weight is 1010 g/mol. The van der Waals surface area contributed by atoms with Crippen LogP contribution >= 0.6 is 0 Å². The number of primary amides is 1. The third-order valence-electron chi connectivity index (χ3n) is 13.6. The molecule has 0 saturated carbocycles. The van der Waals surface area contributed by atoms with Gasteiger partial charge in [0.1, 0.15) is 12.2 Å². The third-order valence-corrected chi connectivity index (χ3v) is 13.6. The maximum absolute atomic E-state index is 14.0. The van der Waals surface area contributed by atoms with Crippen molar-refractivity contribution in [2.45, 2.75) is 177 Å². The first-order valence-electron chi connectivity index (χ1n) is 24.5. The number of likely N-dealkylation sites (tertiary alicyclic amines) is 1. The van der Waals surface area contributed by atoms with Crippen LogP contribution in [-0.4, -0.2) is 184 Å². The lowest BCUT2D eigenvalue weighted by Crippen LogP contribution is -2.63. The highest BCUT2D eigenvalue weighted by molar-refractivity contribution is 5.85. The lowest BCUT2D eigenvalue weighted by atomic mass is 9.81. The number of hydrogen-bond acceptors (Lipinski definition) is 18. The van der Waals surface area contributed by atoms with Crippen molar-refractivity contribution in [1.29, 1.82) is 0 Å². The molecule has 4 aliphatic heterocycles. The fraction of sp³-hybridized carbons (Fsp3) is 0.667. The first kappa shape index (κ1) is 59.6. The number of allylic oxidation sites excluding steroid dienone is 12. The van der Waals surface area contributed by atoms with E-state index in [9.17, 15) is 65.4 Å². The van der Waals surface area contributed by atoms with Crippen LogP contribution in [0.4, 0.5) is 0 Å². The van der Waals surface area contributed by atoms with Gasteiger partial charge in [-0.25, -0.2) is 0 Å². The minimum Gasteiger partial charge on any atom is -0.462 e. The number of cyclic esters (lactones) is 1. The van der Waals surface area contributed by atoms with Crippen LogP contribution in [0, 0.1) is 23.7 Å². The van der Waals surface area contributed by atoms with Crippen molar-refractivity contribution in [3.8, 4) is 0 Å². The molecule has 2 amide bonds. The second-order valence-corrected chi connectivity index (χ2v) is 19.6. The molecule has 3 fully saturated rings. The van der Waals surface area contributed by atoms with Gasteiger partial charge < -0.3 is 86.4 Å². The summed E-state index contributed by atoms with van der Waals surface area (Å²) >= 11 is 0. The Bertz CT molecular complexity index is 1900. The van der Waals surface area contributed by atoms with E-state index in [1.165, 1.54) is 4.90 Å².